The van der Waals surface area contributed by atoms with Gasteiger partial charge >= 0.3 is 0 Å². The van der Waals surface area contributed by atoms with Crippen LogP contribution in [0.25, 0.3) is 0 Å². The molecule has 4 nitrogen and oxygen atoms in total. The molecule has 108 valence electrons. The average Bonchev–Trinajstić information content (AvgIpc) is 2.51. The monoisotopic (exact) mass is 322 g/mol. The Labute approximate surface area is 132 Å². The number of hydrogen-bond donors (Lipinski definition) is 1. The Bertz CT molecular complexity index is 687. The summed E-state index contributed by atoms with van der Waals surface area (Å²) >= 11 is 11.9. The van der Waals surface area contributed by atoms with Crippen molar-refractivity contribution in [2.24, 2.45) is 5.10 Å². The number of amides is 1. The summed E-state index contributed by atoms with van der Waals surface area (Å²) in [6, 6.07) is 11.9. The van der Waals surface area contributed by atoms with Gasteiger partial charge in [-0.15, -0.1) is 0 Å². The van der Waals surface area contributed by atoms with Crippen molar-refractivity contribution in [3.8, 4) is 5.75 Å². The molecular weight excluding hydrogens is 311 g/mol. The highest BCUT2D eigenvalue weighted by atomic mass is 35.5. The predicted octanol–water partition coefficient (Wildman–Crippen LogP) is 3.77. The SMILES string of the molecule is COc1cccc(C(=O)NN=Cc2cccc(Cl)c2Cl)c1. The third-order valence-electron chi connectivity index (χ3n) is 2.68. The summed E-state index contributed by atoms with van der Waals surface area (Å²) in [6.45, 7) is 0. The molecule has 0 heterocycles. The lowest BCUT2D eigenvalue weighted by molar-refractivity contribution is 0.0955. The third-order valence-corrected chi connectivity index (χ3v) is 3.52. The van der Waals surface area contributed by atoms with Crippen molar-refractivity contribution in [2.75, 3.05) is 7.11 Å². The maximum atomic E-state index is 11.9. The van der Waals surface area contributed by atoms with Crippen LogP contribution in [0, 0.1) is 0 Å². The largest absolute Gasteiger partial charge is 0.497 e. The van der Waals surface area contributed by atoms with Crippen LogP contribution in [-0.4, -0.2) is 19.2 Å². The molecule has 0 aliphatic heterocycles. The smallest absolute Gasteiger partial charge is 0.271 e. The van der Waals surface area contributed by atoms with E-state index in [1.165, 1.54) is 13.3 Å². The lowest BCUT2D eigenvalue weighted by Gasteiger charge is -2.03. The van der Waals surface area contributed by atoms with E-state index in [0.29, 0.717) is 26.9 Å². The molecule has 0 unspecified atom stereocenters. The Morgan fingerprint density at radius 3 is 2.76 bits per heavy atom. The van der Waals surface area contributed by atoms with Gasteiger partial charge in [-0.05, 0) is 24.3 Å². The van der Waals surface area contributed by atoms with Gasteiger partial charge in [0.15, 0.2) is 0 Å². The number of nitrogens with one attached hydrogen (secondary N) is 1. The van der Waals surface area contributed by atoms with Crippen LogP contribution in [-0.2, 0) is 0 Å². The minimum absolute atomic E-state index is 0.344. The average molecular weight is 323 g/mol. The van der Waals surface area contributed by atoms with Gasteiger partial charge in [0, 0.05) is 11.1 Å². The first kappa shape index (κ1) is 15.4. The van der Waals surface area contributed by atoms with Gasteiger partial charge in [0.25, 0.3) is 5.91 Å². The summed E-state index contributed by atoms with van der Waals surface area (Å²) in [5, 5.41) is 4.68. The molecule has 2 aromatic carbocycles. The number of methoxy groups -OCH3 is 1. The summed E-state index contributed by atoms with van der Waals surface area (Å²) in [5.41, 5.74) is 3.49. The summed E-state index contributed by atoms with van der Waals surface area (Å²) < 4.78 is 5.06. The highest BCUT2D eigenvalue weighted by Gasteiger charge is 2.05. The second-order valence-electron chi connectivity index (χ2n) is 4.07. The van der Waals surface area contributed by atoms with Gasteiger partial charge in [0.05, 0.1) is 23.4 Å². The van der Waals surface area contributed by atoms with Crippen molar-refractivity contribution < 1.29 is 9.53 Å². The molecule has 2 rings (SSSR count). The zero-order chi connectivity index (χ0) is 15.2. The molecular formula is C15H12Cl2N2O2. The Balaban J connectivity index is 2.06. The molecule has 2 aromatic rings. The van der Waals surface area contributed by atoms with Crippen LogP contribution in [0.3, 0.4) is 0 Å². The van der Waals surface area contributed by atoms with Crippen molar-refractivity contribution in [3.63, 3.8) is 0 Å². The zero-order valence-electron chi connectivity index (χ0n) is 11.1. The molecule has 6 heteroatoms. The van der Waals surface area contributed by atoms with E-state index in [0.717, 1.165) is 0 Å². The van der Waals surface area contributed by atoms with Gasteiger partial charge in [-0.3, -0.25) is 4.79 Å². The van der Waals surface area contributed by atoms with Crippen LogP contribution in [0.1, 0.15) is 15.9 Å². The number of carbonyl (C=O) groups is 1. The van der Waals surface area contributed by atoms with Gasteiger partial charge in [-0.25, -0.2) is 5.43 Å². The molecule has 1 N–H and O–H groups in total. The molecule has 0 aromatic heterocycles. The fourth-order valence-electron chi connectivity index (χ4n) is 1.61. The molecule has 0 radical (unpaired) electrons. The lowest BCUT2D eigenvalue weighted by Crippen LogP contribution is -2.17. The van der Waals surface area contributed by atoms with Crippen LogP contribution >= 0.6 is 23.2 Å². The maximum absolute atomic E-state index is 11.9. The minimum atomic E-state index is -0.344. The normalized spacial score (nSPS) is 10.6. The Morgan fingerprint density at radius 2 is 2.00 bits per heavy atom. The number of hydrazone groups is 1. The van der Waals surface area contributed by atoms with Crippen molar-refractivity contribution in [3.05, 3.63) is 63.6 Å². The molecule has 0 fully saturated rings. The highest BCUT2D eigenvalue weighted by Crippen LogP contribution is 2.24. The van der Waals surface area contributed by atoms with Crippen LogP contribution in [0.2, 0.25) is 10.0 Å². The van der Waals surface area contributed by atoms with E-state index in [4.69, 9.17) is 27.9 Å². The van der Waals surface area contributed by atoms with Gasteiger partial charge in [-0.2, -0.15) is 5.10 Å². The molecule has 0 saturated carbocycles. The molecule has 0 bridgehead atoms. The highest BCUT2D eigenvalue weighted by molar-refractivity contribution is 6.43. The fourth-order valence-corrected chi connectivity index (χ4v) is 1.97. The van der Waals surface area contributed by atoms with Gasteiger partial charge in [0.1, 0.15) is 5.75 Å². The summed E-state index contributed by atoms with van der Waals surface area (Å²) in [4.78, 5) is 11.9. The number of benzene rings is 2. The summed E-state index contributed by atoms with van der Waals surface area (Å²) in [6.07, 6.45) is 1.44. The van der Waals surface area contributed by atoms with Crippen molar-refractivity contribution in [1.82, 2.24) is 5.43 Å². The topological polar surface area (TPSA) is 50.7 Å². The number of ether oxygens (including phenoxy) is 1. The first-order valence-corrected chi connectivity index (χ1v) is 6.79. The van der Waals surface area contributed by atoms with Crippen LogP contribution in [0.15, 0.2) is 47.6 Å². The first-order chi connectivity index (χ1) is 10.1. The van der Waals surface area contributed by atoms with Gasteiger partial charge in [0.2, 0.25) is 0 Å². The second kappa shape index (κ2) is 7.11. The zero-order valence-corrected chi connectivity index (χ0v) is 12.7. The fraction of sp³-hybridized carbons (Fsp3) is 0.0667. The first-order valence-electron chi connectivity index (χ1n) is 6.03. The summed E-state index contributed by atoms with van der Waals surface area (Å²) in [7, 11) is 1.54. The molecule has 21 heavy (non-hydrogen) atoms. The Kier molecular flexibility index (Phi) is 5.20. The molecule has 0 aliphatic rings. The molecule has 1 amide bonds. The Hall–Kier alpha value is -2.04. The van der Waals surface area contributed by atoms with Crippen LogP contribution < -0.4 is 10.2 Å². The van der Waals surface area contributed by atoms with Crippen molar-refractivity contribution in [1.29, 1.82) is 0 Å². The van der Waals surface area contributed by atoms with Crippen molar-refractivity contribution >= 4 is 35.3 Å². The minimum Gasteiger partial charge on any atom is -0.497 e. The second-order valence-corrected chi connectivity index (χ2v) is 4.86. The van der Waals surface area contributed by atoms with E-state index in [1.54, 1.807) is 42.5 Å². The Morgan fingerprint density at radius 1 is 1.24 bits per heavy atom. The quantitative estimate of drug-likeness (QED) is 0.688. The number of hydrogen-bond acceptors (Lipinski definition) is 3. The lowest BCUT2D eigenvalue weighted by atomic mass is 10.2. The molecule has 0 saturated heterocycles. The van der Waals surface area contributed by atoms with E-state index in [2.05, 4.69) is 10.5 Å². The van der Waals surface area contributed by atoms with E-state index in [1.807, 2.05) is 0 Å². The van der Waals surface area contributed by atoms with E-state index < -0.39 is 0 Å². The van der Waals surface area contributed by atoms with E-state index in [-0.39, 0.29) is 5.91 Å². The van der Waals surface area contributed by atoms with Crippen LogP contribution in [0.4, 0.5) is 0 Å². The number of carbonyl (C=O) groups excluding carboxylic acids is 1. The number of nitrogens with zero attached hydrogens (tertiary/aromatic N) is 1. The van der Waals surface area contributed by atoms with E-state index in [9.17, 15) is 4.79 Å². The van der Waals surface area contributed by atoms with E-state index >= 15 is 0 Å². The van der Waals surface area contributed by atoms with Crippen molar-refractivity contribution in [2.45, 2.75) is 0 Å². The predicted molar refractivity (Wildman–Crippen MR) is 84.5 cm³/mol. The van der Waals surface area contributed by atoms with Crippen LogP contribution in [0.5, 0.6) is 5.75 Å². The summed E-state index contributed by atoms with van der Waals surface area (Å²) in [5.74, 6) is 0.257. The number of halogens is 2. The van der Waals surface area contributed by atoms with Gasteiger partial charge in [-0.1, -0.05) is 41.4 Å². The molecule has 0 aliphatic carbocycles. The van der Waals surface area contributed by atoms with Gasteiger partial charge < -0.3 is 4.74 Å². The maximum Gasteiger partial charge on any atom is 0.271 e. The molecule has 0 atom stereocenters. The number of rotatable bonds is 4. The third kappa shape index (κ3) is 3.97. The standard InChI is InChI=1S/C15H12Cl2N2O2/c1-21-12-6-2-4-10(8-12)15(20)19-18-9-11-5-3-7-13(16)14(11)17/h2-9H,1H3,(H,19,20). The molecule has 0 spiro atoms.